The van der Waals surface area contributed by atoms with E-state index in [-0.39, 0.29) is 5.75 Å². The molecule has 0 spiro atoms. The van der Waals surface area contributed by atoms with Crippen LogP contribution in [0.1, 0.15) is 0 Å². The number of alkyl halides is 3. The Bertz CT molecular complexity index is 364. The van der Waals surface area contributed by atoms with Crippen molar-refractivity contribution in [3.8, 4) is 5.75 Å². The first kappa shape index (κ1) is 13.7. The van der Waals surface area contributed by atoms with Crippen LogP contribution in [-0.2, 0) is 9.09 Å². The third kappa shape index (κ3) is 6.04. The van der Waals surface area contributed by atoms with E-state index in [1.54, 1.807) is 30.3 Å². The average Bonchev–Trinajstić information content (AvgIpc) is 1.99. The van der Waals surface area contributed by atoms with Gasteiger partial charge in [-0.05, 0) is 59.9 Å². The number of hydrogen-bond donors (Lipinski definition) is 1. The van der Waals surface area contributed by atoms with Crippen LogP contribution in [0.5, 0.6) is 5.75 Å². The summed E-state index contributed by atoms with van der Waals surface area (Å²) in [4.78, 5) is 9.32. The highest BCUT2D eigenvalue weighted by Crippen LogP contribution is 2.53. The van der Waals surface area contributed by atoms with Crippen LogP contribution in [0.25, 0.3) is 0 Å². The van der Waals surface area contributed by atoms with Crippen LogP contribution in [-0.4, -0.2) is 7.22 Å². The summed E-state index contributed by atoms with van der Waals surface area (Å²) in [7, 11) is -4.18. The highest BCUT2D eigenvalue weighted by molar-refractivity contribution is 9.39. The van der Waals surface area contributed by atoms with Crippen molar-refractivity contribution in [3.05, 3.63) is 30.3 Å². The molecule has 0 fully saturated rings. The summed E-state index contributed by atoms with van der Waals surface area (Å²) in [5, 5.41) is 0. The molecule has 0 aromatic heterocycles. The Labute approximate surface area is 112 Å². The minimum atomic E-state index is -4.18. The minimum Gasteiger partial charge on any atom is -0.404 e. The van der Waals surface area contributed by atoms with Crippen LogP contribution in [0, 0.1) is 0 Å². The van der Waals surface area contributed by atoms with E-state index < -0.39 is 10.2 Å². The lowest BCUT2D eigenvalue weighted by Gasteiger charge is -2.18. The zero-order chi connectivity index (χ0) is 11.5. The Balaban J connectivity index is 2.69. The number of phosphoric ester groups is 1. The first-order valence-corrected chi connectivity index (χ1v) is 7.51. The predicted octanol–water partition coefficient (Wildman–Crippen LogP) is 3.98. The molecule has 0 aliphatic rings. The fraction of sp³-hybridized carbons (Fsp3) is 0.143. The van der Waals surface area contributed by atoms with E-state index in [4.69, 9.17) is 4.52 Å². The number of phosphoric acid groups is 1. The Kier molecular flexibility index (Phi) is 4.83. The highest BCUT2D eigenvalue weighted by Gasteiger charge is 2.34. The van der Waals surface area contributed by atoms with Gasteiger partial charge in [0.15, 0.2) is 0 Å². The molecule has 0 saturated carbocycles. The van der Waals surface area contributed by atoms with E-state index >= 15 is 0 Å². The molecule has 1 N–H and O–H groups in total. The molecule has 84 valence electrons. The largest absolute Gasteiger partial charge is 0.530 e. The molecule has 0 saturated heterocycles. The number of para-hydroxylation sites is 1. The van der Waals surface area contributed by atoms with Crippen molar-refractivity contribution >= 4 is 55.6 Å². The average molecular weight is 425 g/mol. The molecule has 1 unspecified atom stereocenters. The standard InChI is InChI=1S/C7H6Br3O4P/c8-7(9,10)14-15(11,12)13-6-4-2-1-3-5-6/h1-5H,(H,11,12). The molecule has 4 nitrogen and oxygen atoms in total. The van der Waals surface area contributed by atoms with Crippen molar-refractivity contribution in [1.82, 2.24) is 0 Å². The lowest BCUT2D eigenvalue weighted by molar-refractivity contribution is 0.219. The molecule has 0 radical (unpaired) electrons. The van der Waals surface area contributed by atoms with Crippen LogP contribution in [0.3, 0.4) is 0 Å². The van der Waals surface area contributed by atoms with Crippen molar-refractivity contribution in [2.75, 3.05) is 0 Å². The van der Waals surface area contributed by atoms with Crippen molar-refractivity contribution in [1.29, 1.82) is 0 Å². The van der Waals surface area contributed by atoms with Gasteiger partial charge in [0, 0.05) is 0 Å². The quantitative estimate of drug-likeness (QED) is 0.589. The second-order valence-electron chi connectivity index (χ2n) is 2.41. The topological polar surface area (TPSA) is 55.8 Å². The van der Waals surface area contributed by atoms with E-state index in [1.807, 2.05) is 0 Å². The van der Waals surface area contributed by atoms with Gasteiger partial charge >= 0.3 is 7.82 Å². The SMILES string of the molecule is O=P(O)(Oc1ccccc1)OC(Br)(Br)Br. The minimum absolute atomic E-state index is 0.250. The molecular formula is C7H6Br3O4P. The summed E-state index contributed by atoms with van der Waals surface area (Å²) < 4.78 is 19.6. The maximum absolute atomic E-state index is 11.4. The van der Waals surface area contributed by atoms with Crippen molar-refractivity contribution in [3.63, 3.8) is 0 Å². The fourth-order valence-corrected chi connectivity index (χ4v) is 3.10. The Morgan fingerprint density at radius 1 is 1.20 bits per heavy atom. The zero-order valence-electron chi connectivity index (χ0n) is 7.14. The maximum Gasteiger partial charge on any atom is 0.530 e. The molecular weight excluding hydrogens is 419 g/mol. The lowest BCUT2D eigenvalue weighted by Crippen LogP contribution is -2.07. The van der Waals surface area contributed by atoms with Gasteiger partial charge in [-0.25, -0.2) is 9.09 Å². The number of halogens is 3. The zero-order valence-corrected chi connectivity index (χ0v) is 12.8. The fourth-order valence-electron chi connectivity index (χ4n) is 0.764. The molecule has 0 aliphatic carbocycles. The lowest BCUT2D eigenvalue weighted by atomic mass is 10.3. The van der Waals surface area contributed by atoms with Gasteiger partial charge in [0.25, 0.3) is 0 Å². The summed E-state index contributed by atoms with van der Waals surface area (Å²) >= 11 is 8.78. The van der Waals surface area contributed by atoms with Gasteiger partial charge in [0.2, 0.25) is 2.33 Å². The van der Waals surface area contributed by atoms with Gasteiger partial charge in [-0.3, -0.25) is 4.89 Å². The molecule has 0 aliphatic heterocycles. The first-order chi connectivity index (χ1) is 6.79. The molecule has 1 atom stereocenters. The number of benzene rings is 1. The molecule has 0 heterocycles. The summed E-state index contributed by atoms with van der Waals surface area (Å²) in [6.45, 7) is 0. The second kappa shape index (κ2) is 5.29. The monoisotopic (exact) mass is 422 g/mol. The van der Waals surface area contributed by atoms with Crippen LogP contribution in [0.2, 0.25) is 0 Å². The van der Waals surface area contributed by atoms with E-state index in [2.05, 4.69) is 52.3 Å². The van der Waals surface area contributed by atoms with Gasteiger partial charge in [-0.1, -0.05) is 18.2 Å². The molecule has 1 rings (SSSR count). The summed E-state index contributed by atoms with van der Waals surface area (Å²) in [5.74, 6) is 0.250. The van der Waals surface area contributed by atoms with Crippen LogP contribution < -0.4 is 4.52 Å². The van der Waals surface area contributed by atoms with Gasteiger partial charge < -0.3 is 4.52 Å². The third-order valence-electron chi connectivity index (χ3n) is 1.18. The second-order valence-corrected chi connectivity index (χ2v) is 10.3. The molecule has 0 amide bonds. The molecule has 8 heteroatoms. The normalized spacial score (nSPS) is 15.7. The van der Waals surface area contributed by atoms with Crippen LogP contribution >= 0.6 is 55.6 Å². The van der Waals surface area contributed by atoms with E-state index in [1.165, 1.54) is 0 Å². The smallest absolute Gasteiger partial charge is 0.404 e. The van der Waals surface area contributed by atoms with Crippen LogP contribution in [0.4, 0.5) is 0 Å². The Morgan fingerprint density at radius 3 is 2.20 bits per heavy atom. The van der Waals surface area contributed by atoms with Crippen LogP contribution in [0.15, 0.2) is 30.3 Å². The number of hydrogen-bond acceptors (Lipinski definition) is 3. The summed E-state index contributed by atoms with van der Waals surface area (Å²) in [6, 6.07) is 8.22. The Morgan fingerprint density at radius 2 is 1.73 bits per heavy atom. The van der Waals surface area contributed by atoms with E-state index in [9.17, 15) is 9.46 Å². The van der Waals surface area contributed by atoms with Crippen molar-refractivity contribution < 1.29 is 18.5 Å². The van der Waals surface area contributed by atoms with E-state index in [0.717, 1.165) is 0 Å². The first-order valence-electron chi connectivity index (χ1n) is 3.63. The third-order valence-corrected chi connectivity index (χ3v) is 3.37. The van der Waals surface area contributed by atoms with Gasteiger partial charge in [-0.2, -0.15) is 0 Å². The van der Waals surface area contributed by atoms with Crippen molar-refractivity contribution in [2.45, 2.75) is 2.33 Å². The van der Waals surface area contributed by atoms with Gasteiger partial charge in [0.1, 0.15) is 5.75 Å². The van der Waals surface area contributed by atoms with Gasteiger partial charge in [0.05, 0.1) is 0 Å². The number of rotatable bonds is 3. The molecule has 15 heavy (non-hydrogen) atoms. The molecule has 1 aromatic carbocycles. The summed E-state index contributed by atoms with van der Waals surface area (Å²) in [6.07, 6.45) is 0. The van der Waals surface area contributed by atoms with Gasteiger partial charge in [-0.15, -0.1) is 0 Å². The summed E-state index contributed by atoms with van der Waals surface area (Å²) in [5.41, 5.74) is 0. The molecule has 0 bridgehead atoms. The molecule has 1 aromatic rings. The van der Waals surface area contributed by atoms with E-state index in [0.29, 0.717) is 0 Å². The van der Waals surface area contributed by atoms with Crippen molar-refractivity contribution in [2.24, 2.45) is 0 Å². The predicted molar refractivity (Wildman–Crippen MR) is 67.5 cm³/mol. The maximum atomic E-state index is 11.4. The highest BCUT2D eigenvalue weighted by atomic mass is 80.0. The Hall–Kier alpha value is 0.610.